The number of thiazole rings is 1. The highest BCUT2D eigenvalue weighted by Gasteiger charge is 2.35. The standard InChI is InChI=1S/C29H32F2N6O2S/c1-17-26(27-18(2)32-19(3)40-27)35-37(21-8-6-5-7-9-21)28(17)34-29(38)33-25-16-36(12-13-39-4)15-22(25)20-10-11-23(30)24(31)14-20/h5-11,14,22,25H,12-13,15-16H2,1-4H3,(H2,33,34,38)/t22-,25+/m0/s1. The SMILES string of the molecule is COCCN1C[C@@H](NC(=O)Nc2c(C)c(-c3sc(C)nc3C)nn2-c2ccccc2)[C@H](c2ccc(F)c(F)c2)C1. The number of carbonyl (C=O) groups excluding carboxylic acids is 1. The zero-order chi connectivity index (χ0) is 28.4. The number of hydrogen-bond acceptors (Lipinski definition) is 6. The van der Waals surface area contributed by atoms with Gasteiger partial charge in [-0.3, -0.25) is 10.2 Å². The average molecular weight is 567 g/mol. The zero-order valence-electron chi connectivity index (χ0n) is 22.9. The lowest BCUT2D eigenvalue weighted by atomic mass is 9.94. The first-order valence-electron chi connectivity index (χ1n) is 13.1. The molecule has 40 heavy (non-hydrogen) atoms. The van der Waals surface area contributed by atoms with Crippen molar-refractivity contribution in [2.24, 2.45) is 0 Å². The highest BCUT2D eigenvalue weighted by Crippen LogP contribution is 2.36. The number of aryl methyl sites for hydroxylation is 2. The predicted octanol–water partition coefficient (Wildman–Crippen LogP) is 5.44. The van der Waals surface area contributed by atoms with Crippen LogP contribution in [0.25, 0.3) is 16.3 Å². The van der Waals surface area contributed by atoms with Crippen LogP contribution >= 0.6 is 11.3 Å². The molecular weight excluding hydrogens is 534 g/mol. The predicted molar refractivity (Wildman–Crippen MR) is 152 cm³/mol. The minimum absolute atomic E-state index is 0.226. The van der Waals surface area contributed by atoms with E-state index in [0.717, 1.165) is 38.6 Å². The molecule has 11 heteroatoms. The van der Waals surface area contributed by atoms with Crippen molar-refractivity contribution in [3.05, 3.63) is 82.0 Å². The Labute approximate surface area is 236 Å². The molecule has 3 heterocycles. The number of halogens is 2. The fourth-order valence-corrected chi connectivity index (χ4v) is 6.15. The maximum absolute atomic E-state index is 14.1. The number of carbonyl (C=O) groups is 1. The van der Waals surface area contributed by atoms with Crippen LogP contribution in [0.4, 0.5) is 19.4 Å². The Morgan fingerprint density at radius 3 is 2.55 bits per heavy atom. The molecule has 5 rings (SSSR count). The number of ether oxygens (including phenoxy) is 1. The van der Waals surface area contributed by atoms with Crippen LogP contribution in [-0.4, -0.2) is 65.1 Å². The zero-order valence-corrected chi connectivity index (χ0v) is 23.7. The van der Waals surface area contributed by atoms with Gasteiger partial charge in [0.1, 0.15) is 11.5 Å². The maximum Gasteiger partial charge on any atom is 0.320 e. The molecule has 0 spiro atoms. The second-order valence-electron chi connectivity index (χ2n) is 9.95. The van der Waals surface area contributed by atoms with Gasteiger partial charge in [0.05, 0.1) is 33.9 Å². The van der Waals surface area contributed by atoms with Gasteiger partial charge >= 0.3 is 6.03 Å². The van der Waals surface area contributed by atoms with Gasteiger partial charge in [-0.15, -0.1) is 11.3 Å². The van der Waals surface area contributed by atoms with E-state index < -0.39 is 17.7 Å². The van der Waals surface area contributed by atoms with Crippen LogP contribution < -0.4 is 10.6 Å². The first kappa shape index (κ1) is 27.9. The summed E-state index contributed by atoms with van der Waals surface area (Å²) in [4.78, 5) is 21.1. The number of nitrogens with zero attached hydrogens (tertiary/aromatic N) is 4. The van der Waals surface area contributed by atoms with E-state index in [4.69, 9.17) is 9.84 Å². The maximum atomic E-state index is 14.1. The summed E-state index contributed by atoms with van der Waals surface area (Å²) in [5.41, 5.74) is 3.89. The van der Waals surface area contributed by atoms with Crippen molar-refractivity contribution in [2.45, 2.75) is 32.7 Å². The summed E-state index contributed by atoms with van der Waals surface area (Å²) in [6, 6.07) is 12.8. The lowest BCUT2D eigenvalue weighted by Crippen LogP contribution is -2.42. The van der Waals surface area contributed by atoms with Crippen molar-refractivity contribution in [3.8, 4) is 16.3 Å². The summed E-state index contributed by atoms with van der Waals surface area (Å²) in [6.07, 6.45) is 0. The van der Waals surface area contributed by atoms with E-state index in [-0.39, 0.29) is 12.0 Å². The van der Waals surface area contributed by atoms with Crippen molar-refractivity contribution in [1.82, 2.24) is 25.0 Å². The van der Waals surface area contributed by atoms with Crippen molar-refractivity contribution in [1.29, 1.82) is 0 Å². The van der Waals surface area contributed by atoms with Gasteiger partial charge in [-0.1, -0.05) is 24.3 Å². The third kappa shape index (κ3) is 5.77. The minimum atomic E-state index is -0.903. The molecule has 2 N–H and O–H groups in total. The molecule has 0 aliphatic carbocycles. The van der Waals surface area contributed by atoms with E-state index in [0.29, 0.717) is 37.6 Å². The van der Waals surface area contributed by atoms with Crippen LogP contribution in [0, 0.1) is 32.4 Å². The topological polar surface area (TPSA) is 84.3 Å². The van der Waals surface area contributed by atoms with Crippen molar-refractivity contribution >= 4 is 23.2 Å². The highest BCUT2D eigenvalue weighted by molar-refractivity contribution is 7.15. The van der Waals surface area contributed by atoms with Crippen LogP contribution in [0.2, 0.25) is 0 Å². The Kier molecular flexibility index (Phi) is 8.24. The fraction of sp³-hybridized carbons (Fsp3) is 0.345. The molecular formula is C29H32F2N6O2S. The third-order valence-corrected chi connectivity index (χ3v) is 8.25. The first-order chi connectivity index (χ1) is 19.2. The number of para-hydroxylation sites is 1. The number of methoxy groups -OCH3 is 1. The molecule has 0 radical (unpaired) electrons. The van der Waals surface area contributed by atoms with Crippen LogP contribution in [0.5, 0.6) is 0 Å². The molecule has 2 atom stereocenters. The van der Waals surface area contributed by atoms with Crippen LogP contribution in [0.15, 0.2) is 48.5 Å². The second kappa shape index (κ2) is 11.8. The van der Waals surface area contributed by atoms with E-state index in [1.165, 1.54) is 6.07 Å². The Bertz CT molecular complexity index is 1510. The summed E-state index contributed by atoms with van der Waals surface area (Å²) in [5.74, 6) is -1.48. The molecule has 2 aromatic heterocycles. The lowest BCUT2D eigenvalue weighted by molar-refractivity contribution is 0.159. The second-order valence-corrected chi connectivity index (χ2v) is 11.2. The van der Waals surface area contributed by atoms with E-state index in [1.807, 2.05) is 51.1 Å². The highest BCUT2D eigenvalue weighted by atomic mass is 32.1. The number of amides is 2. The fourth-order valence-electron chi connectivity index (χ4n) is 5.19. The van der Waals surface area contributed by atoms with Crippen molar-refractivity contribution in [2.75, 3.05) is 38.7 Å². The summed E-state index contributed by atoms with van der Waals surface area (Å²) in [7, 11) is 1.63. The minimum Gasteiger partial charge on any atom is -0.383 e. The number of benzene rings is 2. The van der Waals surface area contributed by atoms with Crippen LogP contribution in [-0.2, 0) is 4.74 Å². The van der Waals surface area contributed by atoms with E-state index >= 15 is 0 Å². The van der Waals surface area contributed by atoms with Crippen molar-refractivity contribution < 1.29 is 18.3 Å². The van der Waals surface area contributed by atoms with E-state index in [2.05, 4.69) is 20.5 Å². The smallest absolute Gasteiger partial charge is 0.320 e. The number of aromatic nitrogens is 3. The Morgan fingerprint density at radius 2 is 1.88 bits per heavy atom. The van der Waals surface area contributed by atoms with Gasteiger partial charge in [-0.05, 0) is 50.6 Å². The Balaban J connectivity index is 1.43. The van der Waals surface area contributed by atoms with Gasteiger partial charge in [0.25, 0.3) is 0 Å². The number of likely N-dealkylation sites (tertiary alicyclic amines) is 1. The molecule has 0 saturated carbocycles. The number of urea groups is 1. The molecule has 1 saturated heterocycles. The van der Waals surface area contributed by atoms with Crippen LogP contribution in [0.1, 0.15) is 27.7 Å². The molecule has 2 amide bonds. The van der Waals surface area contributed by atoms with E-state index in [9.17, 15) is 13.6 Å². The summed E-state index contributed by atoms with van der Waals surface area (Å²) in [5, 5.41) is 11.9. The molecule has 210 valence electrons. The number of anilines is 1. The summed E-state index contributed by atoms with van der Waals surface area (Å²) in [6.45, 7) is 8.14. The first-order valence-corrected chi connectivity index (χ1v) is 13.9. The van der Waals surface area contributed by atoms with Gasteiger partial charge in [-0.2, -0.15) is 5.10 Å². The number of hydrogen-bond donors (Lipinski definition) is 2. The molecule has 1 aliphatic rings. The van der Waals surface area contributed by atoms with Gasteiger partial charge in [0.15, 0.2) is 11.6 Å². The normalized spacial score (nSPS) is 17.4. The van der Waals surface area contributed by atoms with Gasteiger partial charge in [-0.25, -0.2) is 23.2 Å². The molecule has 0 unspecified atom stereocenters. The largest absolute Gasteiger partial charge is 0.383 e. The summed E-state index contributed by atoms with van der Waals surface area (Å²) < 4.78 is 34.7. The quantitative estimate of drug-likeness (QED) is 0.297. The monoisotopic (exact) mass is 566 g/mol. The number of nitrogens with one attached hydrogen (secondary N) is 2. The lowest BCUT2D eigenvalue weighted by Gasteiger charge is -2.21. The molecule has 2 aromatic carbocycles. The van der Waals surface area contributed by atoms with Gasteiger partial charge < -0.3 is 10.1 Å². The van der Waals surface area contributed by atoms with Crippen molar-refractivity contribution in [3.63, 3.8) is 0 Å². The molecule has 4 aromatic rings. The van der Waals surface area contributed by atoms with Gasteiger partial charge in [0.2, 0.25) is 0 Å². The average Bonchev–Trinajstić information content (AvgIpc) is 3.59. The van der Waals surface area contributed by atoms with Crippen LogP contribution in [0.3, 0.4) is 0 Å². The van der Waals surface area contributed by atoms with Gasteiger partial charge in [0, 0.05) is 38.2 Å². The number of rotatable bonds is 8. The Morgan fingerprint density at radius 1 is 1.10 bits per heavy atom. The summed E-state index contributed by atoms with van der Waals surface area (Å²) >= 11 is 1.56. The third-order valence-electron chi connectivity index (χ3n) is 7.17. The Hall–Kier alpha value is -3.67. The molecule has 8 nitrogen and oxygen atoms in total. The van der Waals surface area contributed by atoms with E-state index in [1.54, 1.807) is 29.2 Å². The molecule has 1 aliphatic heterocycles. The molecule has 0 bridgehead atoms. The molecule has 1 fully saturated rings.